The van der Waals surface area contributed by atoms with Crippen LogP contribution in [0.4, 0.5) is 0 Å². The van der Waals surface area contributed by atoms with E-state index in [4.69, 9.17) is 21.1 Å². The normalized spacial score (nSPS) is 10.6. The van der Waals surface area contributed by atoms with Gasteiger partial charge in [0.25, 0.3) is 0 Å². The number of aromatic carboxylic acids is 1. The fourth-order valence-electron chi connectivity index (χ4n) is 2.56. The van der Waals surface area contributed by atoms with Gasteiger partial charge in [-0.25, -0.2) is 9.78 Å². The molecule has 1 aromatic heterocycles. The summed E-state index contributed by atoms with van der Waals surface area (Å²) in [6, 6.07) is 11.9. The van der Waals surface area contributed by atoms with Gasteiger partial charge in [0, 0.05) is 10.6 Å². The summed E-state index contributed by atoms with van der Waals surface area (Å²) in [5.74, 6) is -0.161. The maximum absolute atomic E-state index is 11.8. The molecule has 0 aliphatic heterocycles. The quantitative estimate of drug-likeness (QED) is 0.766. The highest BCUT2D eigenvalue weighted by Crippen LogP contribution is 2.36. The van der Waals surface area contributed by atoms with Gasteiger partial charge in [0.15, 0.2) is 0 Å². The lowest BCUT2D eigenvalue weighted by atomic mass is 10.0. The Morgan fingerprint density at radius 3 is 2.25 bits per heavy atom. The standard InChI is InChI=1S/C18H14ClNO4/c1-23-14-7-8-15(24-2)17-16(14)12(18(21)22)9-13(20-17)10-3-5-11(19)6-4-10/h3-9H,1-2H3,(H,21,22). The molecule has 0 spiro atoms. The third-order valence-corrected chi connectivity index (χ3v) is 3.95. The predicted molar refractivity (Wildman–Crippen MR) is 92.3 cm³/mol. The molecule has 1 N–H and O–H groups in total. The van der Waals surface area contributed by atoms with Crippen molar-refractivity contribution in [1.29, 1.82) is 0 Å². The minimum atomic E-state index is -1.07. The van der Waals surface area contributed by atoms with Crippen molar-refractivity contribution in [3.8, 4) is 22.8 Å². The van der Waals surface area contributed by atoms with Crippen LogP contribution >= 0.6 is 11.6 Å². The van der Waals surface area contributed by atoms with E-state index in [0.29, 0.717) is 33.1 Å². The fraction of sp³-hybridized carbons (Fsp3) is 0.111. The molecule has 0 aliphatic rings. The third-order valence-electron chi connectivity index (χ3n) is 3.70. The summed E-state index contributed by atoms with van der Waals surface area (Å²) in [4.78, 5) is 16.4. The van der Waals surface area contributed by atoms with E-state index in [-0.39, 0.29) is 5.56 Å². The van der Waals surface area contributed by atoms with E-state index in [9.17, 15) is 9.90 Å². The Labute approximate surface area is 143 Å². The van der Waals surface area contributed by atoms with Crippen molar-refractivity contribution in [3.63, 3.8) is 0 Å². The van der Waals surface area contributed by atoms with E-state index in [1.165, 1.54) is 20.3 Å². The van der Waals surface area contributed by atoms with Crippen LogP contribution in [0.25, 0.3) is 22.2 Å². The molecule has 0 fully saturated rings. The number of methoxy groups -OCH3 is 2. The molecule has 0 bridgehead atoms. The maximum Gasteiger partial charge on any atom is 0.336 e. The van der Waals surface area contributed by atoms with E-state index < -0.39 is 5.97 Å². The zero-order chi connectivity index (χ0) is 17.3. The Bertz CT molecular complexity index is 922. The van der Waals surface area contributed by atoms with Crippen molar-refractivity contribution in [2.24, 2.45) is 0 Å². The summed E-state index contributed by atoms with van der Waals surface area (Å²) < 4.78 is 10.6. The highest BCUT2D eigenvalue weighted by Gasteiger charge is 2.19. The van der Waals surface area contributed by atoms with Crippen LogP contribution < -0.4 is 9.47 Å². The van der Waals surface area contributed by atoms with Gasteiger partial charge >= 0.3 is 5.97 Å². The summed E-state index contributed by atoms with van der Waals surface area (Å²) in [5, 5.41) is 10.6. The molecule has 0 saturated heterocycles. The zero-order valence-corrected chi connectivity index (χ0v) is 13.8. The van der Waals surface area contributed by atoms with Crippen LogP contribution in [0.3, 0.4) is 0 Å². The fourth-order valence-corrected chi connectivity index (χ4v) is 2.68. The number of aromatic nitrogens is 1. The molecule has 0 atom stereocenters. The first-order chi connectivity index (χ1) is 11.5. The predicted octanol–water partition coefficient (Wildman–Crippen LogP) is 4.27. The molecular formula is C18H14ClNO4. The Morgan fingerprint density at radius 1 is 1.04 bits per heavy atom. The highest BCUT2D eigenvalue weighted by atomic mass is 35.5. The summed E-state index contributed by atoms with van der Waals surface area (Å²) in [6.45, 7) is 0. The number of hydrogen-bond donors (Lipinski definition) is 1. The van der Waals surface area contributed by atoms with Gasteiger partial charge in [-0.3, -0.25) is 0 Å². The van der Waals surface area contributed by atoms with Crippen LogP contribution in [0, 0.1) is 0 Å². The van der Waals surface area contributed by atoms with Gasteiger partial charge < -0.3 is 14.6 Å². The minimum absolute atomic E-state index is 0.0979. The van der Waals surface area contributed by atoms with Crippen LogP contribution in [0.1, 0.15) is 10.4 Å². The number of ether oxygens (including phenoxy) is 2. The highest BCUT2D eigenvalue weighted by molar-refractivity contribution is 6.30. The Hall–Kier alpha value is -2.79. The number of nitrogens with zero attached hydrogens (tertiary/aromatic N) is 1. The van der Waals surface area contributed by atoms with Crippen molar-refractivity contribution in [2.45, 2.75) is 0 Å². The van der Waals surface area contributed by atoms with E-state index in [2.05, 4.69) is 4.98 Å². The first-order valence-corrected chi connectivity index (χ1v) is 7.48. The number of carboxylic acids is 1. The maximum atomic E-state index is 11.8. The van der Waals surface area contributed by atoms with Gasteiger partial charge in [0.05, 0.1) is 30.9 Å². The molecule has 0 unspecified atom stereocenters. The lowest BCUT2D eigenvalue weighted by molar-refractivity contribution is 0.0699. The average molecular weight is 344 g/mol. The van der Waals surface area contributed by atoms with E-state index in [1.54, 1.807) is 36.4 Å². The van der Waals surface area contributed by atoms with Crippen LogP contribution in [0.2, 0.25) is 5.02 Å². The number of benzene rings is 2. The number of fused-ring (bicyclic) bond motifs is 1. The van der Waals surface area contributed by atoms with Crippen LogP contribution in [-0.4, -0.2) is 30.3 Å². The van der Waals surface area contributed by atoms with E-state index >= 15 is 0 Å². The van der Waals surface area contributed by atoms with Crippen molar-refractivity contribution in [2.75, 3.05) is 14.2 Å². The average Bonchev–Trinajstić information content (AvgIpc) is 2.60. The molecule has 1 heterocycles. The van der Waals surface area contributed by atoms with Crippen molar-refractivity contribution >= 4 is 28.5 Å². The smallest absolute Gasteiger partial charge is 0.336 e. The largest absolute Gasteiger partial charge is 0.496 e. The van der Waals surface area contributed by atoms with Crippen molar-refractivity contribution < 1.29 is 19.4 Å². The molecule has 0 radical (unpaired) electrons. The molecule has 2 aromatic carbocycles. The Kier molecular flexibility index (Phi) is 4.27. The second-order valence-electron chi connectivity index (χ2n) is 5.06. The number of carboxylic acid groups (broad SMARTS) is 1. The van der Waals surface area contributed by atoms with Gasteiger partial charge in [0.1, 0.15) is 17.0 Å². The molecule has 5 nitrogen and oxygen atoms in total. The second-order valence-corrected chi connectivity index (χ2v) is 5.50. The molecule has 122 valence electrons. The second kappa shape index (κ2) is 6.37. The first-order valence-electron chi connectivity index (χ1n) is 7.10. The summed E-state index contributed by atoms with van der Waals surface area (Å²) >= 11 is 5.91. The summed E-state index contributed by atoms with van der Waals surface area (Å²) in [5.41, 5.74) is 1.80. The van der Waals surface area contributed by atoms with Crippen LogP contribution in [0.5, 0.6) is 11.5 Å². The first kappa shape index (κ1) is 16.1. The summed E-state index contributed by atoms with van der Waals surface area (Å²) in [6.07, 6.45) is 0. The van der Waals surface area contributed by atoms with E-state index in [1.807, 2.05) is 0 Å². The number of carbonyl (C=O) groups is 1. The minimum Gasteiger partial charge on any atom is -0.496 e. The molecule has 3 aromatic rings. The molecule has 0 amide bonds. The monoisotopic (exact) mass is 343 g/mol. The van der Waals surface area contributed by atoms with Gasteiger partial charge in [-0.15, -0.1) is 0 Å². The number of hydrogen-bond acceptors (Lipinski definition) is 4. The number of pyridine rings is 1. The molecule has 3 rings (SSSR count). The number of halogens is 1. The topological polar surface area (TPSA) is 68.7 Å². The lowest BCUT2D eigenvalue weighted by Crippen LogP contribution is -2.03. The van der Waals surface area contributed by atoms with Crippen LogP contribution in [-0.2, 0) is 0 Å². The van der Waals surface area contributed by atoms with Gasteiger partial charge in [-0.2, -0.15) is 0 Å². The molecule has 0 saturated carbocycles. The Balaban J connectivity index is 2.38. The van der Waals surface area contributed by atoms with Crippen molar-refractivity contribution in [1.82, 2.24) is 4.98 Å². The molecule has 6 heteroatoms. The molecule has 0 aliphatic carbocycles. The van der Waals surface area contributed by atoms with Crippen LogP contribution in [0.15, 0.2) is 42.5 Å². The van der Waals surface area contributed by atoms with Gasteiger partial charge in [-0.05, 0) is 30.3 Å². The number of rotatable bonds is 4. The van der Waals surface area contributed by atoms with Gasteiger partial charge in [-0.1, -0.05) is 23.7 Å². The zero-order valence-electron chi connectivity index (χ0n) is 13.0. The molecular weight excluding hydrogens is 330 g/mol. The van der Waals surface area contributed by atoms with Gasteiger partial charge in [0.2, 0.25) is 0 Å². The lowest BCUT2D eigenvalue weighted by Gasteiger charge is -2.13. The van der Waals surface area contributed by atoms with Crippen molar-refractivity contribution in [3.05, 3.63) is 53.1 Å². The van der Waals surface area contributed by atoms with E-state index in [0.717, 1.165) is 5.56 Å². The summed E-state index contributed by atoms with van der Waals surface area (Å²) in [7, 11) is 3.00. The Morgan fingerprint density at radius 2 is 1.67 bits per heavy atom. The SMILES string of the molecule is COc1ccc(OC)c2c(C(=O)O)cc(-c3ccc(Cl)cc3)nc12. The molecule has 24 heavy (non-hydrogen) atoms. The third kappa shape index (κ3) is 2.74.